The number of aliphatic imine (C=N–C) groups is 1. The van der Waals surface area contributed by atoms with Crippen molar-refractivity contribution in [3.8, 4) is 0 Å². The van der Waals surface area contributed by atoms with Crippen molar-refractivity contribution in [1.82, 2.24) is 5.32 Å². The van der Waals surface area contributed by atoms with Crippen molar-refractivity contribution >= 4 is 41.0 Å². The third-order valence-corrected chi connectivity index (χ3v) is 8.06. The van der Waals surface area contributed by atoms with Crippen LogP contribution in [-0.2, 0) is 26.4 Å². The van der Waals surface area contributed by atoms with E-state index in [0.29, 0.717) is 11.4 Å². The SMILES string of the molecule is CCOC(=O)C1=Cc2sc(CNC(=O)OC(C)(C)C)cc2NC(=NC(c2ccccc2)(c2ccccc2)c2ccccc2)C1. The summed E-state index contributed by atoms with van der Waals surface area (Å²) in [7, 11) is 0. The molecule has 7 nitrogen and oxygen atoms in total. The number of ether oxygens (including phenoxy) is 2. The van der Waals surface area contributed by atoms with Crippen LogP contribution in [0.4, 0.5) is 10.5 Å². The van der Waals surface area contributed by atoms with E-state index >= 15 is 0 Å². The minimum Gasteiger partial charge on any atom is -0.463 e. The number of alkyl carbamates (subject to hydrolysis) is 1. The number of hydrogen-bond acceptors (Lipinski definition) is 6. The normalized spacial score (nSPS) is 14.1. The summed E-state index contributed by atoms with van der Waals surface area (Å²) < 4.78 is 10.9. The lowest BCUT2D eigenvalue weighted by Crippen LogP contribution is -2.32. The lowest BCUT2D eigenvalue weighted by atomic mass is 9.77. The van der Waals surface area contributed by atoms with Gasteiger partial charge in [-0.1, -0.05) is 91.0 Å². The van der Waals surface area contributed by atoms with E-state index in [1.807, 2.05) is 87.5 Å². The maximum atomic E-state index is 13.2. The number of thiophene rings is 1. The van der Waals surface area contributed by atoms with E-state index < -0.39 is 17.2 Å². The molecule has 2 heterocycles. The highest BCUT2D eigenvalue weighted by molar-refractivity contribution is 7.13. The van der Waals surface area contributed by atoms with Gasteiger partial charge in [0.1, 0.15) is 17.0 Å². The lowest BCUT2D eigenvalue weighted by Gasteiger charge is -2.33. The number of carbonyl (C=O) groups excluding carboxylic acids is 2. The van der Waals surface area contributed by atoms with Gasteiger partial charge in [0.05, 0.1) is 23.7 Å². The number of nitrogens with zero attached hydrogens (tertiary/aromatic N) is 1. The summed E-state index contributed by atoms with van der Waals surface area (Å²) in [5.41, 5.74) is 2.77. The number of amidine groups is 1. The van der Waals surface area contributed by atoms with Crippen LogP contribution in [0.25, 0.3) is 6.08 Å². The molecule has 0 fully saturated rings. The van der Waals surface area contributed by atoms with E-state index in [9.17, 15) is 9.59 Å². The van der Waals surface area contributed by atoms with Gasteiger partial charge in [0.25, 0.3) is 0 Å². The number of rotatable bonds is 8. The first-order valence-electron chi connectivity index (χ1n) is 14.7. The largest absolute Gasteiger partial charge is 0.463 e. The highest BCUT2D eigenvalue weighted by Gasteiger charge is 2.37. The molecule has 0 saturated carbocycles. The molecule has 44 heavy (non-hydrogen) atoms. The molecule has 0 radical (unpaired) electrons. The van der Waals surface area contributed by atoms with E-state index in [2.05, 4.69) is 47.0 Å². The van der Waals surface area contributed by atoms with Crippen molar-refractivity contribution in [1.29, 1.82) is 0 Å². The molecule has 0 atom stereocenters. The number of hydrogen-bond donors (Lipinski definition) is 2. The zero-order valence-corrected chi connectivity index (χ0v) is 26.2. The van der Waals surface area contributed by atoms with E-state index in [1.54, 1.807) is 6.92 Å². The number of fused-ring (bicyclic) bond motifs is 1. The van der Waals surface area contributed by atoms with Crippen LogP contribution in [0.15, 0.2) is 108 Å². The highest BCUT2D eigenvalue weighted by Crippen LogP contribution is 2.42. The average Bonchev–Trinajstić information content (AvgIpc) is 3.31. The fourth-order valence-electron chi connectivity index (χ4n) is 5.17. The maximum Gasteiger partial charge on any atom is 0.407 e. The zero-order valence-electron chi connectivity index (χ0n) is 25.4. The number of benzene rings is 3. The fourth-order valence-corrected chi connectivity index (χ4v) is 6.19. The average molecular weight is 608 g/mol. The summed E-state index contributed by atoms with van der Waals surface area (Å²) in [6.45, 7) is 7.82. The lowest BCUT2D eigenvalue weighted by molar-refractivity contribution is -0.138. The topological polar surface area (TPSA) is 89.0 Å². The Bertz CT molecular complexity index is 1560. The molecule has 0 aliphatic carbocycles. The van der Waals surface area contributed by atoms with Crippen LogP contribution in [0.5, 0.6) is 0 Å². The minimum atomic E-state index is -0.909. The van der Waals surface area contributed by atoms with Crippen LogP contribution in [0.1, 0.15) is 60.6 Å². The molecule has 0 spiro atoms. The van der Waals surface area contributed by atoms with Gasteiger partial charge in [-0.15, -0.1) is 11.3 Å². The Morgan fingerprint density at radius 3 is 1.93 bits per heavy atom. The molecular formula is C36H37N3O4S. The third kappa shape index (κ3) is 7.09. The molecule has 1 amide bonds. The minimum absolute atomic E-state index is 0.250. The van der Waals surface area contributed by atoms with Crippen LogP contribution in [0, 0.1) is 0 Å². The Labute approximate surface area is 262 Å². The van der Waals surface area contributed by atoms with Gasteiger partial charge in [-0.2, -0.15) is 0 Å². The van der Waals surface area contributed by atoms with Gasteiger partial charge in [-0.05, 0) is 56.5 Å². The van der Waals surface area contributed by atoms with Crippen LogP contribution < -0.4 is 10.6 Å². The summed E-state index contributed by atoms with van der Waals surface area (Å²) in [6, 6.07) is 32.5. The van der Waals surface area contributed by atoms with Crippen LogP contribution in [-0.4, -0.2) is 30.1 Å². The van der Waals surface area contributed by atoms with Crippen molar-refractivity contribution in [2.24, 2.45) is 4.99 Å². The molecule has 4 aromatic rings. The number of nitrogens with one attached hydrogen (secondary N) is 2. The quantitative estimate of drug-likeness (QED) is 0.157. The van der Waals surface area contributed by atoms with Crippen molar-refractivity contribution in [3.05, 3.63) is 129 Å². The van der Waals surface area contributed by atoms with E-state index in [4.69, 9.17) is 14.5 Å². The monoisotopic (exact) mass is 607 g/mol. The van der Waals surface area contributed by atoms with Gasteiger partial charge in [0.2, 0.25) is 0 Å². The summed E-state index contributed by atoms with van der Waals surface area (Å²) in [5.74, 6) is 0.227. The molecule has 5 rings (SSSR count). The van der Waals surface area contributed by atoms with Crippen molar-refractivity contribution in [2.45, 2.75) is 51.8 Å². The number of carbonyl (C=O) groups is 2. The van der Waals surface area contributed by atoms with E-state index in [1.165, 1.54) is 11.3 Å². The van der Waals surface area contributed by atoms with Gasteiger partial charge in [0.15, 0.2) is 0 Å². The van der Waals surface area contributed by atoms with Gasteiger partial charge in [-0.3, -0.25) is 4.99 Å². The highest BCUT2D eigenvalue weighted by atomic mass is 32.1. The molecule has 8 heteroatoms. The molecule has 0 saturated heterocycles. The predicted octanol–water partition coefficient (Wildman–Crippen LogP) is 7.93. The number of amides is 1. The standard InChI is InChI=1S/C36H37N3O4S/c1-5-42-33(40)25-21-31-30(23-29(44-31)24-37-34(41)43-35(2,3)4)38-32(22-25)39-36(26-15-9-6-10-16-26,27-17-11-7-12-18-27)28-19-13-8-14-20-28/h6-21,23H,5,22,24H2,1-4H3,(H,37,41)(H,38,39). The van der Waals surface area contributed by atoms with Crippen LogP contribution in [0.3, 0.4) is 0 Å². The zero-order chi connectivity index (χ0) is 31.2. The predicted molar refractivity (Wildman–Crippen MR) is 177 cm³/mol. The molecular weight excluding hydrogens is 570 g/mol. The van der Waals surface area contributed by atoms with Crippen molar-refractivity contribution < 1.29 is 19.1 Å². The Balaban J connectivity index is 1.63. The van der Waals surface area contributed by atoms with E-state index in [-0.39, 0.29) is 25.5 Å². The molecule has 0 bridgehead atoms. The van der Waals surface area contributed by atoms with Gasteiger partial charge in [0, 0.05) is 16.9 Å². The molecule has 0 unspecified atom stereocenters. The summed E-state index contributed by atoms with van der Waals surface area (Å²) in [5, 5.41) is 6.38. The second-order valence-corrected chi connectivity index (χ2v) is 12.6. The van der Waals surface area contributed by atoms with Gasteiger partial charge in [-0.25, -0.2) is 9.59 Å². The third-order valence-electron chi connectivity index (χ3n) is 6.97. The molecule has 1 aliphatic rings. The number of anilines is 1. The molecule has 1 aliphatic heterocycles. The molecule has 1 aromatic heterocycles. The van der Waals surface area contributed by atoms with E-state index in [0.717, 1.165) is 32.1 Å². The van der Waals surface area contributed by atoms with Crippen LogP contribution >= 0.6 is 11.3 Å². The summed E-state index contributed by atoms with van der Waals surface area (Å²) in [6.07, 6.45) is 1.62. The molecule has 2 N–H and O–H groups in total. The van der Waals surface area contributed by atoms with Crippen molar-refractivity contribution in [2.75, 3.05) is 11.9 Å². The van der Waals surface area contributed by atoms with Gasteiger partial charge < -0.3 is 20.1 Å². The van der Waals surface area contributed by atoms with Crippen molar-refractivity contribution in [3.63, 3.8) is 0 Å². The Kier molecular flexibility index (Phi) is 9.30. The maximum absolute atomic E-state index is 13.2. The first-order chi connectivity index (χ1) is 21.2. The summed E-state index contributed by atoms with van der Waals surface area (Å²) in [4.78, 5) is 32.8. The Hall–Kier alpha value is -4.69. The first-order valence-corrected chi connectivity index (χ1v) is 15.5. The van der Waals surface area contributed by atoms with Crippen LogP contribution in [0.2, 0.25) is 0 Å². The molecule has 3 aromatic carbocycles. The Morgan fingerprint density at radius 1 is 0.886 bits per heavy atom. The second kappa shape index (κ2) is 13.3. The fraction of sp³-hybridized carbons (Fsp3) is 0.250. The number of esters is 1. The Morgan fingerprint density at radius 2 is 1.43 bits per heavy atom. The molecule has 226 valence electrons. The smallest absolute Gasteiger partial charge is 0.407 e. The summed E-state index contributed by atoms with van der Waals surface area (Å²) >= 11 is 1.49. The van der Waals surface area contributed by atoms with Gasteiger partial charge >= 0.3 is 12.1 Å². The second-order valence-electron chi connectivity index (χ2n) is 11.4. The first kappa shape index (κ1) is 30.8.